The lowest BCUT2D eigenvalue weighted by molar-refractivity contribution is 0.0495. The third-order valence-corrected chi connectivity index (χ3v) is 6.29. The highest BCUT2D eigenvalue weighted by molar-refractivity contribution is 9.10. The Morgan fingerprint density at radius 3 is 2.86 bits per heavy atom. The van der Waals surface area contributed by atoms with Gasteiger partial charge in [-0.3, -0.25) is 0 Å². The van der Waals surface area contributed by atoms with Gasteiger partial charge in [-0.2, -0.15) is 0 Å². The molecule has 5 nitrogen and oxygen atoms in total. The second kappa shape index (κ2) is 6.60. The van der Waals surface area contributed by atoms with Gasteiger partial charge in [-0.25, -0.2) is 17.1 Å². The number of nitrogen functional groups attached to an aromatic ring is 1. The zero-order chi connectivity index (χ0) is 15.6. The number of hydrogen-bond acceptors (Lipinski definition) is 4. The number of sulfonamides is 1. The van der Waals surface area contributed by atoms with Crippen molar-refractivity contribution in [1.29, 1.82) is 0 Å². The molecule has 1 aliphatic rings. The fraction of sp³-hybridized carbons (Fsp3) is 0.538. The molecule has 1 atom stereocenters. The summed E-state index contributed by atoms with van der Waals surface area (Å²) in [4.78, 5) is -0.0272. The van der Waals surface area contributed by atoms with E-state index < -0.39 is 15.8 Å². The van der Waals surface area contributed by atoms with E-state index in [-0.39, 0.29) is 21.0 Å². The number of hydrogen-bond donors (Lipinski definition) is 1. The van der Waals surface area contributed by atoms with Gasteiger partial charge in [-0.05, 0) is 46.8 Å². The van der Waals surface area contributed by atoms with Crippen LogP contribution >= 0.6 is 15.9 Å². The highest BCUT2D eigenvalue weighted by atomic mass is 79.9. The summed E-state index contributed by atoms with van der Waals surface area (Å²) in [6.07, 6.45) is 1.87. The quantitative estimate of drug-likeness (QED) is 0.812. The Bertz CT molecular complexity index is 618. The van der Waals surface area contributed by atoms with Crippen molar-refractivity contribution in [2.24, 2.45) is 5.92 Å². The van der Waals surface area contributed by atoms with Gasteiger partial charge in [-0.15, -0.1) is 0 Å². The van der Waals surface area contributed by atoms with E-state index in [1.54, 1.807) is 0 Å². The van der Waals surface area contributed by atoms with Gasteiger partial charge in [0.25, 0.3) is 0 Å². The maximum Gasteiger partial charge on any atom is 0.244 e. The Kier molecular flexibility index (Phi) is 5.24. The van der Waals surface area contributed by atoms with Crippen LogP contribution in [0.15, 0.2) is 21.5 Å². The Labute approximate surface area is 132 Å². The van der Waals surface area contributed by atoms with Gasteiger partial charge in [0.15, 0.2) is 0 Å². The van der Waals surface area contributed by atoms with Crippen molar-refractivity contribution < 1.29 is 17.5 Å². The molecule has 0 bridgehead atoms. The molecule has 118 valence electrons. The number of benzene rings is 1. The first-order chi connectivity index (χ1) is 9.82. The summed E-state index contributed by atoms with van der Waals surface area (Å²) in [6, 6.07) is 2.21. The fourth-order valence-corrected chi connectivity index (χ4v) is 4.58. The van der Waals surface area contributed by atoms with Crippen molar-refractivity contribution in [3.05, 3.63) is 22.4 Å². The summed E-state index contributed by atoms with van der Waals surface area (Å²) >= 11 is 3.08. The lowest BCUT2D eigenvalue weighted by atomic mass is 10.0. The zero-order valence-corrected chi connectivity index (χ0v) is 14.1. The van der Waals surface area contributed by atoms with E-state index >= 15 is 0 Å². The molecular weight excluding hydrogens is 363 g/mol. The third-order valence-electron chi connectivity index (χ3n) is 3.51. The van der Waals surface area contributed by atoms with Crippen molar-refractivity contribution in [2.75, 3.05) is 32.5 Å². The summed E-state index contributed by atoms with van der Waals surface area (Å²) in [5.74, 6) is -0.473. The minimum absolute atomic E-state index is 0.0272. The molecule has 1 fully saturated rings. The van der Waals surface area contributed by atoms with Crippen LogP contribution in [-0.2, 0) is 14.8 Å². The van der Waals surface area contributed by atoms with Gasteiger partial charge in [0.2, 0.25) is 10.0 Å². The largest absolute Gasteiger partial charge is 0.396 e. The van der Waals surface area contributed by atoms with E-state index in [0.29, 0.717) is 13.2 Å². The number of nitrogens with two attached hydrogens (primary N) is 1. The zero-order valence-electron chi connectivity index (χ0n) is 11.7. The van der Waals surface area contributed by atoms with Gasteiger partial charge in [0.1, 0.15) is 5.82 Å². The molecule has 1 aromatic carbocycles. The van der Waals surface area contributed by atoms with Crippen LogP contribution in [0.2, 0.25) is 0 Å². The van der Waals surface area contributed by atoms with E-state index in [0.717, 1.165) is 31.6 Å². The van der Waals surface area contributed by atoms with Crippen molar-refractivity contribution in [1.82, 2.24) is 4.31 Å². The van der Waals surface area contributed by atoms with Gasteiger partial charge >= 0.3 is 0 Å². The average Bonchev–Trinajstić information content (AvgIpc) is 2.43. The highest BCUT2D eigenvalue weighted by Gasteiger charge is 2.27. The lowest BCUT2D eigenvalue weighted by Crippen LogP contribution is -2.35. The van der Waals surface area contributed by atoms with Crippen molar-refractivity contribution in [3.8, 4) is 0 Å². The monoisotopic (exact) mass is 380 g/mol. The van der Waals surface area contributed by atoms with Crippen LogP contribution < -0.4 is 5.73 Å². The van der Waals surface area contributed by atoms with Crippen molar-refractivity contribution in [3.63, 3.8) is 0 Å². The highest BCUT2D eigenvalue weighted by Crippen LogP contribution is 2.29. The molecule has 0 radical (unpaired) electrons. The Balaban J connectivity index is 2.22. The number of nitrogens with zero attached hydrogens (tertiary/aromatic N) is 1. The van der Waals surface area contributed by atoms with Gasteiger partial charge in [-0.1, -0.05) is 0 Å². The minimum Gasteiger partial charge on any atom is -0.396 e. The van der Waals surface area contributed by atoms with Gasteiger partial charge in [0.05, 0.1) is 17.2 Å². The second-order valence-corrected chi connectivity index (χ2v) is 8.04. The fourth-order valence-electron chi connectivity index (χ4n) is 2.32. The third kappa shape index (κ3) is 3.74. The minimum atomic E-state index is -3.72. The van der Waals surface area contributed by atoms with E-state index in [9.17, 15) is 12.8 Å². The van der Waals surface area contributed by atoms with Crippen molar-refractivity contribution in [2.45, 2.75) is 17.7 Å². The van der Waals surface area contributed by atoms with E-state index in [2.05, 4.69) is 15.9 Å². The van der Waals surface area contributed by atoms with Crippen LogP contribution in [0.5, 0.6) is 0 Å². The van der Waals surface area contributed by atoms with Crippen LogP contribution in [0.3, 0.4) is 0 Å². The van der Waals surface area contributed by atoms with Crippen LogP contribution in [-0.4, -0.2) is 39.5 Å². The Hall–Kier alpha value is -0.700. The van der Waals surface area contributed by atoms with E-state index in [1.807, 2.05) is 0 Å². The summed E-state index contributed by atoms with van der Waals surface area (Å²) in [6.45, 7) is 1.66. The normalized spacial score (nSPS) is 19.9. The van der Waals surface area contributed by atoms with Crippen LogP contribution in [0.4, 0.5) is 10.1 Å². The van der Waals surface area contributed by atoms with Crippen molar-refractivity contribution >= 4 is 31.6 Å². The SMILES string of the molecule is CN(CC1CCCOC1)S(=O)(=O)c1cc(N)c(F)cc1Br. The molecule has 0 aromatic heterocycles. The Morgan fingerprint density at radius 1 is 1.52 bits per heavy atom. The summed E-state index contributed by atoms with van der Waals surface area (Å²) in [5.41, 5.74) is 5.28. The molecule has 21 heavy (non-hydrogen) atoms. The molecule has 1 heterocycles. The Morgan fingerprint density at radius 2 is 2.24 bits per heavy atom. The number of ether oxygens (including phenoxy) is 1. The first kappa shape index (κ1) is 16.7. The predicted molar refractivity (Wildman–Crippen MR) is 81.9 cm³/mol. The molecule has 0 spiro atoms. The smallest absolute Gasteiger partial charge is 0.244 e. The molecule has 2 rings (SSSR count). The second-order valence-electron chi connectivity index (χ2n) is 5.17. The average molecular weight is 381 g/mol. The summed E-state index contributed by atoms with van der Waals surface area (Å²) in [5, 5.41) is 0. The maximum atomic E-state index is 13.3. The predicted octanol–water partition coefficient (Wildman–Crippen LogP) is 2.22. The van der Waals surface area contributed by atoms with Crippen LogP contribution in [0.1, 0.15) is 12.8 Å². The molecule has 0 saturated carbocycles. The van der Waals surface area contributed by atoms with E-state index in [4.69, 9.17) is 10.5 Å². The first-order valence-corrected chi connectivity index (χ1v) is 8.84. The summed E-state index contributed by atoms with van der Waals surface area (Å²) in [7, 11) is -2.21. The molecule has 2 N–H and O–H groups in total. The molecular formula is C13H18BrFN2O3S. The van der Waals surface area contributed by atoms with Gasteiger partial charge < -0.3 is 10.5 Å². The molecule has 1 unspecified atom stereocenters. The molecule has 1 saturated heterocycles. The molecule has 0 amide bonds. The van der Waals surface area contributed by atoms with Gasteiger partial charge in [0, 0.05) is 24.7 Å². The molecule has 8 heteroatoms. The van der Waals surface area contributed by atoms with E-state index in [1.165, 1.54) is 11.4 Å². The molecule has 1 aromatic rings. The number of anilines is 1. The maximum absolute atomic E-state index is 13.3. The lowest BCUT2D eigenvalue weighted by Gasteiger charge is -2.27. The molecule has 1 aliphatic heterocycles. The first-order valence-electron chi connectivity index (χ1n) is 6.61. The summed E-state index contributed by atoms with van der Waals surface area (Å²) < 4.78 is 45.3. The number of halogens is 2. The topological polar surface area (TPSA) is 72.6 Å². The molecule has 0 aliphatic carbocycles. The number of rotatable bonds is 4. The van der Waals surface area contributed by atoms with Crippen LogP contribution in [0.25, 0.3) is 0 Å². The van der Waals surface area contributed by atoms with Crippen LogP contribution in [0, 0.1) is 11.7 Å². The standard InChI is InChI=1S/C13H18BrFN2O3S/c1-17(7-9-3-2-4-20-8-9)21(18,19)13-6-12(16)11(15)5-10(13)14/h5-6,9H,2-4,7-8,16H2,1H3.